The Balaban J connectivity index is 1.55. The van der Waals surface area contributed by atoms with Crippen LogP contribution in [0.5, 0.6) is 0 Å². The summed E-state index contributed by atoms with van der Waals surface area (Å²) in [5.41, 5.74) is 5.81. The summed E-state index contributed by atoms with van der Waals surface area (Å²) in [6, 6.07) is 29.1. The molecule has 0 aliphatic carbocycles. The molecule has 0 amide bonds. The third-order valence-corrected chi connectivity index (χ3v) is 5.38. The van der Waals surface area contributed by atoms with Crippen LogP contribution in [0.2, 0.25) is 0 Å². The highest BCUT2D eigenvalue weighted by atomic mass is 16.3. The minimum atomic E-state index is 0.665. The summed E-state index contributed by atoms with van der Waals surface area (Å²) in [6.07, 6.45) is 3.74. The molecule has 3 heteroatoms. The van der Waals surface area contributed by atoms with Crippen molar-refractivity contribution in [1.82, 2.24) is 9.97 Å². The quantitative estimate of drug-likeness (QED) is 0.333. The summed E-state index contributed by atoms with van der Waals surface area (Å²) in [6.45, 7) is 0. The standard InChI is InChI=1S/C26H16N2O/c1-2-7-20-16-28-23(15-17(20)6-1)19-9-5-8-18(14-19)21-12-13-27-26-25(21)22-10-3-4-11-24(22)29-26/h1-16H. The predicted molar refractivity (Wildman–Crippen MR) is 118 cm³/mol. The molecule has 6 aromatic rings. The topological polar surface area (TPSA) is 38.9 Å². The van der Waals surface area contributed by atoms with Crippen LogP contribution in [0.1, 0.15) is 0 Å². The van der Waals surface area contributed by atoms with Gasteiger partial charge in [0.2, 0.25) is 5.71 Å². The average Bonchev–Trinajstić information content (AvgIpc) is 3.18. The van der Waals surface area contributed by atoms with Gasteiger partial charge in [-0.25, -0.2) is 4.98 Å². The fourth-order valence-corrected chi connectivity index (χ4v) is 3.97. The normalized spacial score (nSPS) is 11.4. The van der Waals surface area contributed by atoms with Gasteiger partial charge in [-0.1, -0.05) is 60.7 Å². The molecule has 3 nitrogen and oxygen atoms in total. The molecular formula is C26H16N2O. The number of rotatable bonds is 2. The molecule has 0 atom stereocenters. The molecule has 29 heavy (non-hydrogen) atoms. The number of furan rings is 1. The molecule has 6 rings (SSSR count). The molecule has 0 spiro atoms. The second-order valence-electron chi connectivity index (χ2n) is 7.13. The van der Waals surface area contributed by atoms with Gasteiger partial charge in [0.05, 0.1) is 11.1 Å². The molecule has 0 bridgehead atoms. The SMILES string of the molecule is c1cc(-c2cc3ccccc3cn2)cc(-c2ccnc3oc4ccccc4c23)c1. The molecule has 0 N–H and O–H groups in total. The van der Waals surface area contributed by atoms with E-state index in [1.807, 2.05) is 30.5 Å². The maximum absolute atomic E-state index is 5.95. The molecule has 0 unspecified atom stereocenters. The third-order valence-electron chi connectivity index (χ3n) is 5.38. The molecule has 0 aliphatic heterocycles. The molecule has 136 valence electrons. The Labute approximate surface area is 167 Å². The number of benzene rings is 3. The van der Waals surface area contributed by atoms with Gasteiger partial charge >= 0.3 is 0 Å². The summed E-state index contributed by atoms with van der Waals surface area (Å²) in [5.74, 6) is 0. The van der Waals surface area contributed by atoms with Gasteiger partial charge in [0.1, 0.15) is 5.58 Å². The van der Waals surface area contributed by atoms with Crippen LogP contribution in [0.15, 0.2) is 102 Å². The van der Waals surface area contributed by atoms with Gasteiger partial charge in [0, 0.05) is 28.7 Å². The van der Waals surface area contributed by atoms with Crippen LogP contribution >= 0.6 is 0 Å². The third kappa shape index (κ3) is 2.59. The summed E-state index contributed by atoms with van der Waals surface area (Å²) in [4.78, 5) is 9.12. The van der Waals surface area contributed by atoms with E-state index in [0.717, 1.165) is 44.1 Å². The minimum absolute atomic E-state index is 0.665. The molecule has 0 saturated carbocycles. The number of aromatic nitrogens is 2. The van der Waals surface area contributed by atoms with E-state index in [4.69, 9.17) is 4.42 Å². The summed E-state index contributed by atoms with van der Waals surface area (Å²) in [7, 11) is 0. The van der Waals surface area contributed by atoms with E-state index in [1.165, 1.54) is 5.39 Å². The van der Waals surface area contributed by atoms with E-state index < -0.39 is 0 Å². The van der Waals surface area contributed by atoms with Crippen molar-refractivity contribution in [1.29, 1.82) is 0 Å². The Morgan fingerprint density at radius 1 is 0.655 bits per heavy atom. The number of hydrogen-bond donors (Lipinski definition) is 0. The maximum atomic E-state index is 5.95. The molecule has 3 aromatic carbocycles. The van der Waals surface area contributed by atoms with Crippen LogP contribution in [0, 0.1) is 0 Å². The summed E-state index contributed by atoms with van der Waals surface area (Å²) < 4.78 is 5.95. The van der Waals surface area contributed by atoms with E-state index in [-0.39, 0.29) is 0 Å². The molecule has 3 aromatic heterocycles. The van der Waals surface area contributed by atoms with Crippen LogP contribution in [-0.2, 0) is 0 Å². The Bertz CT molecular complexity index is 1510. The maximum Gasteiger partial charge on any atom is 0.227 e. The monoisotopic (exact) mass is 372 g/mol. The highest BCUT2D eigenvalue weighted by molar-refractivity contribution is 6.11. The van der Waals surface area contributed by atoms with Gasteiger partial charge in [-0.05, 0) is 40.8 Å². The van der Waals surface area contributed by atoms with Gasteiger partial charge in [0.25, 0.3) is 0 Å². The van der Waals surface area contributed by atoms with Gasteiger partial charge in [-0.15, -0.1) is 0 Å². The van der Waals surface area contributed by atoms with Crippen molar-refractivity contribution in [3.63, 3.8) is 0 Å². The van der Waals surface area contributed by atoms with Crippen molar-refractivity contribution in [2.45, 2.75) is 0 Å². The average molecular weight is 372 g/mol. The fraction of sp³-hybridized carbons (Fsp3) is 0. The highest BCUT2D eigenvalue weighted by Crippen LogP contribution is 2.36. The Morgan fingerprint density at radius 3 is 2.45 bits per heavy atom. The first-order valence-corrected chi connectivity index (χ1v) is 9.59. The Kier molecular flexibility index (Phi) is 3.47. The lowest BCUT2D eigenvalue weighted by Gasteiger charge is -2.08. The van der Waals surface area contributed by atoms with E-state index in [0.29, 0.717) is 5.71 Å². The van der Waals surface area contributed by atoms with Gasteiger partial charge in [0.15, 0.2) is 0 Å². The predicted octanol–water partition coefficient (Wildman–Crippen LogP) is 6.86. The summed E-state index contributed by atoms with van der Waals surface area (Å²) in [5, 5.41) is 4.47. The lowest BCUT2D eigenvalue weighted by atomic mass is 9.98. The lowest BCUT2D eigenvalue weighted by molar-refractivity contribution is 0.654. The first-order valence-electron chi connectivity index (χ1n) is 9.59. The van der Waals surface area contributed by atoms with Crippen LogP contribution < -0.4 is 0 Å². The zero-order chi connectivity index (χ0) is 19.2. The van der Waals surface area contributed by atoms with Crippen LogP contribution in [0.25, 0.3) is 55.2 Å². The number of hydrogen-bond acceptors (Lipinski definition) is 3. The molecule has 0 fully saturated rings. The molecular weight excluding hydrogens is 356 g/mol. The highest BCUT2D eigenvalue weighted by Gasteiger charge is 2.13. The largest absolute Gasteiger partial charge is 0.438 e. The zero-order valence-corrected chi connectivity index (χ0v) is 15.5. The van der Waals surface area contributed by atoms with E-state index in [1.54, 1.807) is 6.20 Å². The lowest BCUT2D eigenvalue weighted by Crippen LogP contribution is -1.86. The number of pyridine rings is 2. The van der Waals surface area contributed by atoms with Gasteiger partial charge in [-0.3, -0.25) is 4.98 Å². The number of nitrogens with zero attached hydrogens (tertiary/aromatic N) is 2. The first-order chi connectivity index (χ1) is 14.4. The Hall–Kier alpha value is -3.98. The van der Waals surface area contributed by atoms with E-state index in [9.17, 15) is 0 Å². The smallest absolute Gasteiger partial charge is 0.227 e. The minimum Gasteiger partial charge on any atom is -0.438 e. The molecule has 0 saturated heterocycles. The first kappa shape index (κ1) is 16.0. The second kappa shape index (κ2) is 6.28. The van der Waals surface area contributed by atoms with Crippen molar-refractivity contribution in [2.24, 2.45) is 0 Å². The summed E-state index contributed by atoms with van der Waals surface area (Å²) >= 11 is 0. The van der Waals surface area contributed by atoms with Gasteiger partial charge in [-0.2, -0.15) is 0 Å². The van der Waals surface area contributed by atoms with Crippen molar-refractivity contribution < 1.29 is 4.42 Å². The van der Waals surface area contributed by atoms with Crippen molar-refractivity contribution in [3.05, 3.63) is 97.3 Å². The van der Waals surface area contributed by atoms with Crippen molar-refractivity contribution >= 4 is 32.8 Å². The fourth-order valence-electron chi connectivity index (χ4n) is 3.97. The van der Waals surface area contributed by atoms with Crippen molar-refractivity contribution in [2.75, 3.05) is 0 Å². The molecule has 0 radical (unpaired) electrons. The number of fused-ring (bicyclic) bond motifs is 4. The van der Waals surface area contributed by atoms with E-state index in [2.05, 4.69) is 70.6 Å². The van der Waals surface area contributed by atoms with Crippen LogP contribution in [-0.4, -0.2) is 9.97 Å². The van der Waals surface area contributed by atoms with Crippen molar-refractivity contribution in [3.8, 4) is 22.4 Å². The molecule has 0 aliphatic rings. The molecule has 3 heterocycles. The zero-order valence-electron chi connectivity index (χ0n) is 15.5. The van der Waals surface area contributed by atoms with Crippen LogP contribution in [0.3, 0.4) is 0 Å². The van der Waals surface area contributed by atoms with Crippen LogP contribution in [0.4, 0.5) is 0 Å². The second-order valence-corrected chi connectivity index (χ2v) is 7.13. The number of para-hydroxylation sites is 1. The van der Waals surface area contributed by atoms with E-state index >= 15 is 0 Å². The van der Waals surface area contributed by atoms with Gasteiger partial charge < -0.3 is 4.42 Å². The Morgan fingerprint density at radius 2 is 1.48 bits per heavy atom.